The molecule has 0 heterocycles. The molecule has 0 rings (SSSR count). The highest BCUT2D eigenvalue weighted by molar-refractivity contribution is 5.76. The minimum Gasteiger partial charge on any atom is -0.466 e. The number of esters is 1. The van der Waals surface area contributed by atoms with Crippen LogP contribution in [0.15, 0.2) is 24.3 Å². The number of unbranched alkanes of at least 4 members (excludes halogenated alkanes) is 45. The number of ether oxygens (including phenoxy) is 1. The summed E-state index contributed by atoms with van der Waals surface area (Å²) in [5.74, 6) is -0.0596. The van der Waals surface area contributed by atoms with E-state index < -0.39 is 12.1 Å². The van der Waals surface area contributed by atoms with Crippen molar-refractivity contribution in [2.75, 3.05) is 13.2 Å². The van der Waals surface area contributed by atoms with Gasteiger partial charge in [0, 0.05) is 12.8 Å². The SMILES string of the molecule is CCCCCCCCCCCCCCCCCCCCCCCCCC(O)C(CO)NC(=O)CCCCCCCCC/C=C\C/C=C\CCCCCOC(=O)CCCCCCCCCCCCCCCC. The Balaban J connectivity index is 3.48. The fraction of sp³-hybridized carbons (Fsp3) is 0.908. The Morgan fingerprint density at radius 2 is 0.704 bits per heavy atom. The second kappa shape index (κ2) is 60.9. The van der Waals surface area contributed by atoms with Crippen LogP contribution in [0.5, 0.6) is 0 Å². The van der Waals surface area contributed by atoms with Crippen LogP contribution in [0.3, 0.4) is 0 Å². The van der Waals surface area contributed by atoms with Gasteiger partial charge in [0.1, 0.15) is 0 Å². The van der Waals surface area contributed by atoms with Crippen molar-refractivity contribution in [3.05, 3.63) is 24.3 Å². The molecule has 6 heteroatoms. The van der Waals surface area contributed by atoms with Crippen LogP contribution < -0.4 is 5.32 Å². The maximum absolute atomic E-state index is 12.5. The van der Waals surface area contributed by atoms with E-state index in [9.17, 15) is 19.8 Å². The molecular formula is C65H125NO5. The molecule has 71 heavy (non-hydrogen) atoms. The van der Waals surface area contributed by atoms with Crippen LogP contribution in [0.25, 0.3) is 0 Å². The van der Waals surface area contributed by atoms with Gasteiger partial charge in [0.25, 0.3) is 0 Å². The molecule has 420 valence electrons. The quantitative estimate of drug-likeness (QED) is 0.0320. The monoisotopic (exact) mass is 1000 g/mol. The van der Waals surface area contributed by atoms with E-state index in [1.165, 1.54) is 238 Å². The highest BCUT2D eigenvalue weighted by atomic mass is 16.5. The van der Waals surface area contributed by atoms with E-state index in [1.807, 2.05) is 0 Å². The van der Waals surface area contributed by atoms with Crippen LogP contribution in [-0.2, 0) is 14.3 Å². The van der Waals surface area contributed by atoms with Gasteiger partial charge in [-0.1, -0.05) is 301 Å². The van der Waals surface area contributed by atoms with Crippen LogP contribution in [0, 0.1) is 0 Å². The molecule has 1 amide bonds. The standard InChI is InChI=1S/C65H125NO5/c1-3-5-7-9-11-13-15-17-19-20-21-22-23-24-25-27-30-33-37-41-45-49-53-57-63(68)62(61-67)66-64(69)58-54-50-46-42-38-34-31-28-26-29-32-36-40-44-48-52-56-60-71-65(70)59-55-51-47-43-39-35-18-16-14-12-10-8-6-4-2/h26,29,36,40,62-63,67-68H,3-25,27-28,30-35,37-39,41-61H2,1-2H3,(H,66,69)/b29-26-,40-36-. The van der Waals surface area contributed by atoms with Crippen molar-refractivity contribution in [1.29, 1.82) is 0 Å². The number of amides is 1. The Morgan fingerprint density at radius 3 is 1.07 bits per heavy atom. The molecule has 0 saturated heterocycles. The lowest BCUT2D eigenvalue weighted by Gasteiger charge is -2.22. The topological polar surface area (TPSA) is 95.9 Å². The summed E-state index contributed by atoms with van der Waals surface area (Å²) < 4.78 is 5.46. The fourth-order valence-corrected chi connectivity index (χ4v) is 10.1. The highest BCUT2D eigenvalue weighted by Crippen LogP contribution is 2.18. The number of carbonyl (C=O) groups excluding carboxylic acids is 2. The second-order valence-electron chi connectivity index (χ2n) is 22.1. The van der Waals surface area contributed by atoms with E-state index >= 15 is 0 Å². The molecule has 0 aromatic heterocycles. The Kier molecular flexibility index (Phi) is 59.5. The van der Waals surface area contributed by atoms with Gasteiger partial charge < -0.3 is 20.3 Å². The summed E-state index contributed by atoms with van der Waals surface area (Å²) in [6, 6.07) is -0.555. The number of hydrogen-bond donors (Lipinski definition) is 3. The van der Waals surface area contributed by atoms with E-state index in [-0.39, 0.29) is 18.5 Å². The summed E-state index contributed by atoms with van der Waals surface area (Å²) in [7, 11) is 0. The molecule has 0 saturated carbocycles. The number of allylic oxidation sites excluding steroid dienone is 4. The molecule has 2 atom stereocenters. The number of nitrogens with one attached hydrogen (secondary N) is 1. The van der Waals surface area contributed by atoms with Gasteiger partial charge in [-0.2, -0.15) is 0 Å². The number of rotatable bonds is 60. The van der Waals surface area contributed by atoms with Crippen LogP contribution in [0.2, 0.25) is 0 Å². The van der Waals surface area contributed by atoms with Gasteiger partial charge in [-0.05, 0) is 64.2 Å². The number of hydrogen-bond acceptors (Lipinski definition) is 5. The van der Waals surface area contributed by atoms with Gasteiger partial charge in [-0.3, -0.25) is 9.59 Å². The fourth-order valence-electron chi connectivity index (χ4n) is 10.1. The number of aliphatic hydroxyl groups excluding tert-OH is 2. The molecule has 0 aliphatic heterocycles. The van der Waals surface area contributed by atoms with Crippen molar-refractivity contribution >= 4 is 11.9 Å². The molecule has 0 bridgehead atoms. The third-order valence-electron chi connectivity index (χ3n) is 15.0. The van der Waals surface area contributed by atoms with Gasteiger partial charge in [0.2, 0.25) is 5.91 Å². The molecule has 0 aliphatic carbocycles. The summed E-state index contributed by atoms with van der Waals surface area (Å²) >= 11 is 0. The van der Waals surface area contributed by atoms with Gasteiger partial charge in [0.05, 0.1) is 25.4 Å². The van der Waals surface area contributed by atoms with Crippen molar-refractivity contribution < 1.29 is 24.5 Å². The molecule has 0 aliphatic rings. The molecule has 0 aromatic carbocycles. The lowest BCUT2D eigenvalue weighted by molar-refractivity contribution is -0.143. The zero-order valence-electron chi connectivity index (χ0n) is 48.0. The average Bonchev–Trinajstić information content (AvgIpc) is 3.37. The van der Waals surface area contributed by atoms with E-state index in [0.29, 0.717) is 25.9 Å². The Labute approximate surface area is 443 Å². The predicted molar refractivity (Wildman–Crippen MR) is 310 cm³/mol. The molecular weight excluding hydrogens is 875 g/mol. The van der Waals surface area contributed by atoms with Crippen LogP contribution >= 0.6 is 0 Å². The molecule has 2 unspecified atom stereocenters. The largest absolute Gasteiger partial charge is 0.466 e. The van der Waals surface area contributed by atoms with Gasteiger partial charge in [-0.15, -0.1) is 0 Å². The first-order valence-electron chi connectivity index (χ1n) is 32.1. The summed E-state index contributed by atoms with van der Waals surface area (Å²) in [5, 5.41) is 23.4. The number of carbonyl (C=O) groups is 2. The first kappa shape index (κ1) is 69.3. The van der Waals surface area contributed by atoms with Crippen LogP contribution in [0.4, 0.5) is 0 Å². The lowest BCUT2D eigenvalue weighted by atomic mass is 10.0. The van der Waals surface area contributed by atoms with Crippen molar-refractivity contribution in [1.82, 2.24) is 5.32 Å². The molecule has 0 radical (unpaired) electrons. The van der Waals surface area contributed by atoms with E-state index in [0.717, 1.165) is 83.5 Å². The van der Waals surface area contributed by atoms with E-state index in [4.69, 9.17) is 4.74 Å². The van der Waals surface area contributed by atoms with Crippen molar-refractivity contribution in [2.45, 2.75) is 366 Å². The molecule has 6 nitrogen and oxygen atoms in total. The summed E-state index contributed by atoms with van der Waals surface area (Å²) in [6.45, 7) is 4.94. The molecule has 3 N–H and O–H groups in total. The van der Waals surface area contributed by atoms with Crippen molar-refractivity contribution in [3.63, 3.8) is 0 Å². The maximum atomic E-state index is 12.5. The van der Waals surface area contributed by atoms with Gasteiger partial charge >= 0.3 is 5.97 Å². The number of aliphatic hydroxyl groups is 2. The van der Waals surface area contributed by atoms with Gasteiger partial charge in [-0.25, -0.2) is 0 Å². The van der Waals surface area contributed by atoms with Crippen LogP contribution in [-0.4, -0.2) is 47.4 Å². The minimum absolute atomic E-state index is 0.0123. The predicted octanol–water partition coefficient (Wildman–Crippen LogP) is 20.2. The summed E-state index contributed by atoms with van der Waals surface area (Å²) in [4.78, 5) is 24.6. The van der Waals surface area contributed by atoms with E-state index in [2.05, 4.69) is 43.5 Å². The Bertz CT molecular complexity index is 1110. The highest BCUT2D eigenvalue weighted by Gasteiger charge is 2.20. The van der Waals surface area contributed by atoms with Gasteiger partial charge in [0.15, 0.2) is 0 Å². The Hall–Kier alpha value is -1.66. The van der Waals surface area contributed by atoms with E-state index in [1.54, 1.807) is 0 Å². The second-order valence-corrected chi connectivity index (χ2v) is 22.1. The van der Waals surface area contributed by atoms with Crippen molar-refractivity contribution in [2.24, 2.45) is 0 Å². The zero-order valence-corrected chi connectivity index (χ0v) is 48.0. The minimum atomic E-state index is -0.676. The Morgan fingerprint density at radius 1 is 0.394 bits per heavy atom. The molecule has 0 aromatic rings. The lowest BCUT2D eigenvalue weighted by Crippen LogP contribution is -2.45. The summed E-state index contributed by atoms with van der Waals surface area (Å²) in [6.07, 6.45) is 74.8. The smallest absolute Gasteiger partial charge is 0.305 e. The molecule has 0 fully saturated rings. The zero-order chi connectivity index (χ0) is 51.4. The first-order valence-corrected chi connectivity index (χ1v) is 32.1. The van der Waals surface area contributed by atoms with Crippen LogP contribution in [0.1, 0.15) is 354 Å². The summed E-state index contributed by atoms with van der Waals surface area (Å²) in [5.41, 5.74) is 0. The average molecular weight is 1000 g/mol. The first-order chi connectivity index (χ1) is 35.0. The van der Waals surface area contributed by atoms with Crippen molar-refractivity contribution in [3.8, 4) is 0 Å². The third kappa shape index (κ3) is 57.5. The third-order valence-corrected chi connectivity index (χ3v) is 15.0. The molecule has 0 spiro atoms. The maximum Gasteiger partial charge on any atom is 0.305 e. The normalized spacial score (nSPS) is 12.7.